The molecule has 0 aromatic rings. The minimum absolute atomic E-state index is 0.0843. The second kappa shape index (κ2) is 15.2. The Labute approximate surface area is 339 Å². The van der Waals surface area contributed by atoms with Crippen LogP contribution < -0.4 is 0 Å². The molecule has 0 amide bonds. The Kier molecular flexibility index (Phi) is 11.6. The first kappa shape index (κ1) is 44.3. The molecular formula is C42H66O16. The largest absolute Gasteiger partial charge is 0.481 e. The maximum atomic E-state index is 14.8. The number of carbonyl (C=O) groups is 2. The first-order valence-corrected chi connectivity index (χ1v) is 21.1. The standard InChI is InChI=1S/C42H66O16/c1-37(19-44)12-14-42(36(54)58-34-32(51)30(49)28(47)23(57-34)18-55-33-31(50)29(48)27(46)22(17-43)56-33)15-13-39(3)20(21(42)16-37)6-7-24-38(2)10-9-26(45)41(5,35(52)53)25(38)8-11-40(24,39)4/h6,21-34,43-51H,7-19H2,1-5H3,(H,52,53)/t21-,22+,23+,24+,25+,26-,27-,28+,29-,30-,31+,32+,33+,34-,37+,38+,39+,40+,41-,42-/m0/s1. The molecule has 20 atom stereocenters. The number of aliphatic hydroxyl groups excluding tert-OH is 9. The van der Waals surface area contributed by atoms with Crippen LogP contribution in [0.5, 0.6) is 0 Å². The lowest BCUT2D eigenvalue weighted by molar-refractivity contribution is -0.328. The van der Waals surface area contributed by atoms with E-state index < -0.39 is 114 Å². The van der Waals surface area contributed by atoms with Crippen LogP contribution in [0.1, 0.15) is 98.8 Å². The lowest BCUT2D eigenvalue weighted by atomic mass is 9.33. The van der Waals surface area contributed by atoms with Crippen LogP contribution in [-0.4, -0.2) is 150 Å². The monoisotopic (exact) mass is 826 g/mol. The van der Waals surface area contributed by atoms with Crippen molar-refractivity contribution in [1.29, 1.82) is 0 Å². The van der Waals surface area contributed by atoms with Crippen molar-refractivity contribution in [2.24, 2.45) is 50.2 Å². The third-order valence-corrected chi connectivity index (χ3v) is 17.6. The Morgan fingerprint density at radius 3 is 2.00 bits per heavy atom. The molecule has 0 unspecified atom stereocenters. The second-order valence-corrected chi connectivity index (χ2v) is 20.3. The van der Waals surface area contributed by atoms with Crippen LogP contribution in [0.3, 0.4) is 0 Å². The lowest BCUT2D eigenvalue weighted by Gasteiger charge is -2.71. The quantitative estimate of drug-likeness (QED) is 0.117. The molecule has 2 heterocycles. The summed E-state index contributed by atoms with van der Waals surface area (Å²) in [4.78, 5) is 27.6. The first-order valence-electron chi connectivity index (χ1n) is 21.1. The number of ether oxygens (including phenoxy) is 4. The van der Waals surface area contributed by atoms with E-state index in [2.05, 4.69) is 26.8 Å². The van der Waals surface area contributed by atoms with Crippen molar-refractivity contribution in [3.05, 3.63) is 11.6 Å². The van der Waals surface area contributed by atoms with Gasteiger partial charge in [-0.25, -0.2) is 0 Å². The van der Waals surface area contributed by atoms with E-state index in [-0.39, 0.29) is 35.2 Å². The van der Waals surface area contributed by atoms with Crippen molar-refractivity contribution in [2.75, 3.05) is 19.8 Å². The van der Waals surface area contributed by atoms with Gasteiger partial charge in [0.25, 0.3) is 0 Å². The van der Waals surface area contributed by atoms with Crippen LogP contribution in [0.2, 0.25) is 0 Å². The predicted octanol–water partition coefficient (Wildman–Crippen LogP) is 0.353. The topological polar surface area (TPSA) is 273 Å². The van der Waals surface area contributed by atoms with E-state index >= 15 is 0 Å². The van der Waals surface area contributed by atoms with E-state index in [1.807, 2.05) is 6.92 Å². The van der Waals surface area contributed by atoms with Crippen molar-refractivity contribution >= 4 is 11.9 Å². The van der Waals surface area contributed by atoms with Gasteiger partial charge in [-0.15, -0.1) is 0 Å². The Hall–Kier alpha value is -1.80. The fourth-order valence-corrected chi connectivity index (χ4v) is 13.4. The van der Waals surface area contributed by atoms with Crippen LogP contribution in [0.4, 0.5) is 0 Å². The molecule has 7 rings (SSSR count). The molecule has 10 N–H and O–H groups in total. The fraction of sp³-hybridized carbons (Fsp3) is 0.905. The van der Waals surface area contributed by atoms with Crippen molar-refractivity contribution < 1.29 is 79.6 Å². The zero-order chi connectivity index (χ0) is 42.5. The number of rotatable bonds is 8. The molecule has 0 aromatic heterocycles. The highest BCUT2D eigenvalue weighted by Crippen LogP contribution is 2.76. The van der Waals surface area contributed by atoms with Crippen LogP contribution in [0.15, 0.2) is 11.6 Å². The van der Waals surface area contributed by atoms with E-state index in [0.717, 1.165) is 12.0 Å². The Morgan fingerprint density at radius 2 is 1.36 bits per heavy atom. The molecule has 5 aliphatic carbocycles. The molecule has 16 nitrogen and oxygen atoms in total. The number of esters is 1. The zero-order valence-corrected chi connectivity index (χ0v) is 34.3. The second-order valence-electron chi connectivity index (χ2n) is 20.3. The summed E-state index contributed by atoms with van der Waals surface area (Å²) >= 11 is 0. The van der Waals surface area contributed by atoms with Gasteiger partial charge in [0, 0.05) is 6.61 Å². The number of aliphatic carboxylic acids is 1. The van der Waals surface area contributed by atoms with E-state index in [9.17, 15) is 60.7 Å². The predicted molar refractivity (Wildman–Crippen MR) is 201 cm³/mol. The number of carboxylic acid groups (broad SMARTS) is 1. The van der Waals surface area contributed by atoms with Gasteiger partial charge in [-0.1, -0.05) is 39.3 Å². The maximum absolute atomic E-state index is 14.8. The van der Waals surface area contributed by atoms with Crippen LogP contribution in [0.25, 0.3) is 0 Å². The molecule has 0 bridgehead atoms. The molecule has 58 heavy (non-hydrogen) atoms. The van der Waals surface area contributed by atoms with Gasteiger partial charge in [-0.3, -0.25) is 9.59 Å². The van der Waals surface area contributed by atoms with E-state index in [1.54, 1.807) is 6.92 Å². The zero-order valence-electron chi connectivity index (χ0n) is 34.3. The molecule has 2 aliphatic heterocycles. The average Bonchev–Trinajstić information content (AvgIpc) is 3.19. The lowest BCUT2D eigenvalue weighted by Crippen LogP contribution is -2.66. The third kappa shape index (κ3) is 6.37. The summed E-state index contributed by atoms with van der Waals surface area (Å²) in [6.45, 7) is 9.18. The number of carbonyl (C=O) groups excluding carboxylic acids is 1. The average molecular weight is 827 g/mol. The number of aliphatic hydroxyl groups is 9. The minimum atomic E-state index is -1.84. The third-order valence-electron chi connectivity index (χ3n) is 17.6. The normalized spacial score (nSPS) is 54.2. The summed E-state index contributed by atoms with van der Waals surface area (Å²) in [7, 11) is 0. The smallest absolute Gasteiger partial charge is 0.315 e. The maximum Gasteiger partial charge on any atom is 0.315 e. The van der Waals surface area contributed by atoms with E-state index in [1.165, 1.54) is 0 Å². The molecule has 16 heteroatoms. The number of carboxylic acids is 1. The molecule has 0 aromatic carbocycles. The summed E-state index contributed by atoms with van der Waals surface area (Å²) < 4.78 is 22.9. The van der Waals surface area contributed by atoms with Crippen LogP contribution >= 0.6 is 0 Å². The summed E-state index contributed by atoms with van der Waals surface area (Å²) in [5, 5.41) is 105. The Balaban J connectivity index is 1.15. The summed E-state index contributed by atoms with van der Waals surface area (Å²) in [6.07, 6.45) is -9.48. The molecule has 330 valence electrons. The molecule has 4 saturated carbocycles. The summed E-state index contributed by atoms with van der Waals surface area (Å²) in [5.41, 5.74) is -2.73. The van der Waals surface area contributed by atoms with E-state index in [0.29, 0.717) is 57.8 Å². The molecule has 2 saturated heterocycles. The van der Waals surface area contributed by atoms with Gasteiger partial charge in [0.1, 0.15) is 48.8 Å². The fourth-order valence-electron chi connectivity index (χ4n) is 13.4. The van der Waals surface area contributed by atoms with Crippen LogP contribution in [-0.2, 0) is 28.5 Å². The van der Waals surface area contributed by atoms with Gasteiger partial charge in [0.2, 0.25) is 6.29 Å². The van der Waals surface area contributed by atoms with Gasteiger partial charge in [0.15, 0.2) is 6.29 Å². The van der Waals surface area contributed by atoms with Crippen molar-refractivity contribution in [3.63, 3.8) is 0 Å². The summed E-state index contributed by atoms with van der Waals surface area (Å²) in [5.74, 6) is -2.06. The summed E-state index contributed by atoms with van der Waals surface area (Å²) in [6, 6.07) is 0. The van der Waals surface area contributed by atoms with Crippen molar-refractivity contribution in [2.45, 2.75) is 166 Å². The van der Waals surface area contributed by atoms with E-state index in [4.69, 9.17) is 18.9 Å². The number of fused-ring (bicyclic) bond motifs is 7. The number of hydrogen-bond donors (Lipinski definition) is 10. The van der Waals surface area contributed by atoms with Gasteiger partial charge >= 0.3 is 11.9 Å². The van der Waals surface area contributed by atoms with Gasteiger partial charge in [0.05, 0.1) is 30.1 Å². The number of hydrogen-bond acceptors (Lipinski definition) is 15. The first-order chi connectivity index (χ1) is 27.1. The minimum Gasteiger partial charge on any atom is -0.481 e. The molecule has 7 aliphatic rings. The highest BCUT2D eigenvalue weighted by molar-refractivity contribution is 5.79. The van der Waals surface area contributed by atoms with Gasteiger partial charge < -0.3 is 70.0 Å². The highest BCUT2D eigenvalue weighted by Gasteiger charge is 2.71. The van der Waals surface area contributed by atoms with Gasteiger partial charge in [-0.05, 0) is 111 Å². The Bertz CT molecular complexity index is 1610. The van der Waals surface area contributed by atoms with Crippen molar-refractivity contribution in [3.8, 4) is 0 Å². The SMILES string of the molecule is C[C@@]1(CO)CC[C@]2(C(=O)O[C@@H]3O[C@H](CO[C@@H]4O[C@H](CO)[C@H](O)[C@H](O)[C@H]4O)[C@@H](O)[C@H](O)[C@H]3O)CC[C@]3(C)C(=CC[C@@H]4[C@@]5(C)CC[C@H](O)[C@@](C)(C(=O)O)[C@@H]5CC[C@]43C)[C@@H]2C1. The number of allylic oxidation sites excluding steroid dienone is 2. The van der Waals surface area contributed by atoms with Gasteiger partial charge in [-0.2, -0.15) is 0 Å². The highest BCUT2D eigenvalue weighted by atomic mass is 16.7. The van der Waals surface area contributed by atoms with Crippen molar-refractivity contribution in [1.82, 2.24) is 0 Å². The van der Waals surface area contributed by atoms with Crippen LogP contribution in [0, 0.1) is 50.2 Å². The molecule has 0 radical (unpaired) electrons. The Morgan fingerprint density at radius 1 is 0.741 bits per heavy atom. The molecule has 6 fully saturated rings. The molecule has 0 spiro atoms. The molecular weight excluding hydrogens is 760 g/mol.